The van der Waals surface area contributed by atoms with E-state index in [1.165, 1.54) is 20.2 Å². The highest BCUT2D eigenvalue weighted by Crippen LogP contribution is 2.45. The van der Waals surface area contributed by atoms with Crippen molar-refractivity contribution in [1.82, 2.24) is 29.7 Å². The van der Waals surface area contributed by atoms with E-state index in [0.29, 0.717) is 48.9 Å². The standard InChI is InChI=1S/C32H37Cl2F3N8O4/c1-42(47-2)29(46)27-26(34)23-15-43(8-5-11-45(23)41-27)28-20-16-48-24(19-12-18(38)13-21(33)25(19)32(35,36)37)14-22(20)39-30(40-28)49-17-31-6-3-9-44(31)10-4-7-31/h12-13,24H,3-11,14-17,38H2,1-2H3. The Morgan fingerprint density at radius 1 is 1.14 bits per heavy atom. The maximum atomic E-state index is 14.2. The van der Waals surface area contributed by atoms with Gasteiger partial charge in [0.1, 0.15) is 12.4 Å². The van der Waals surface area contributed by atoms with Crippen molar-refractivity contribution >= 4 is 40.6 Å². The second-order valence-corrected chi connectivity index (χ2v) is 13.8. The highest BCUT2D eigenvalue weighted by Gasteiger charge is 2.45. The van der Waals surface area contributed by atoms with Crippen molar-refractivity contribution in [2.24, 2.45) is 0 Å². The molecule has 1 amide bonds. The van der Waals surface area contributed by atoms with Crippen molar-refractivity contribution < 1.29 is 32.3 Å². The van der Waals surface area contributed by atoms with Gasteiger partial charge in [0.15, 0.2) is 5.69 Å². The minimum atomic E-state index is -4.73. The van der Waals surface area contributed by atoms with Crippen LogP contribution in [-0.4, -0.2) is 81.6 Å². The van der Waals surface area contributed by atoms with Crippen molar-refractivity contribution in [3.05, 3.63) is 56.0 Å². The van der Waals surface area contributed by atoms with Crippen LogP contribution in [0.4, 0.5) is 24.7 Å². The number of hydroxylamine groups is 2. The third-order valence-corrected chi connectivity index (χ3v) is 10.8. The zero-order chi connectivity index (χ0) is 34.7. The molecule has 12 nitrogen and oxygen atoms in total. The SMILES string of the molecule is CON(C)C(=O)c1nn2c(c1Cl)CN(c1nc(OCC34CCCN3CCC4)nc3c1COC(c1cc(N)cc(Cl)c1C(F)(F)F)C3)CCC2. The van der Waals surface area contributed by atoms with Crippen molar-refractivity contribution in [2.45, 2.75) is 76.0 Å². The molecule has 0 aliphatic carbocycles. The number of nitrogen functional groups attached to an aromatic ring is 1. The lowest BCUT2D eigenvalue weighted by Gasteiger charge is -2.33. The van der Waals surface area contributed by atoms with Gasteiger partial charge < -0.3 is 20.1 Å². The molecule has 1 atom stereocenters. The summed E-state index contributed by atoms with van der Waals surface area (Å²) < 4.78 is 57.0. The zero-order valence-corrected chi connectivity index (χ0v) is 28.7. The van der Waals surface area contributed by atoms with Crippen LogP contribution in [0.2, 0.25) is 10.0 Å². The molecule has 264 valence electrons. The summed E-state index contributed by atoms with van der Waals surface area (Å²) in [6, 6.07) is 2.49. The monoisotopic (exact) mass is 724 g/mol. The number of benzene rings is 1. The topological polar surface area (TPSA) is 124 Å². The molecule has 49 heavy (non-hydrogen) atoms. The number of amides is 1. The summed E-state index contributed by atoms with van der Waals surface area (Å²) in [5, 5.41) is 5.25. The molecule has 4 aliphatic heterocycles. The van der Waals surface area contributed by atoms with E-state index in [9.17, 15) is 18.0 Å². The van der Waals surface area contributed by atoms with Gasteiger partial charge in [-0.1, -0.05) is 23.2 Å². The van der Waals surface area contributed by atoms with E-state index in [4.69, 9.17) is 53.2 Å². The number of anilines is 2. The maximum absolute atomic E-state index is 14.2. The number of hydrogen-bond donors (Lipinski definition) is 1. The second kappa shape index (κ2) is 13.1. The van der Waals surface area contributed by atoms with Gasteiger partial charge in [0, 0.05) is 37.8 Å². The van der Waals surface area contributed by atoms with Gasteiger partial charge in [-0.25, -0.2) is 5.06 Å². The van der Waals surface area contributed by atoms with Crippen LogP contribution in [0.15, 0.2) is 12.1 Å². The number of hydrogen-bond acceptors (Lipinski definition) is 10. The van der Waals surface area contributed by atoms with Crippen LogP contribution in [0.3, 0.4) is 0 Å². The summed E-state index contributed by atoms with van der Waals surface area (Å²) in [5.74, 6) is 0.0428. The normalized spacial score (nSPS) is 20.5. The van der Waals surface area contributed by atoms with E-state index < -0.39 is 28.8 Å². The van der Waals surface area contributed by atoms with Crippen LogP contribution >= 0.6 is 23.2 Å². The molecule has 2 fully saturated rings. The second-order valence-electron chi connectivity index (χ2n) is 13.0. The largest absolute Gasteiger partial charge is 0.461 e. The van der Waals surface area contributed by atoms with Crippen molar-refractivity contribution in [2.75, 3.05) is 51.0 Å². The molecule has 17 heteroatoms. The van der Waals surface area contributed by atoms with Gasteiger partial charge in [-0.3, -0.25) is 19.2 Å². The predicted octanol–water partition coefficient (Wildman–Crippen LogP) is 5.45. The average molecular weight is 726 g/mol. The van der Waals surface area contributed by atoms with Crippen LogP contribution in [0.25, 0.3) is 0 Å². The van der Waals surface area contributed by atoms with Gasteiger partial charge in [-0.2, -0.15) is 28.2 Å². The zero-order valence-electron chi connectivity index (χ0n) is 27.2. The maximum Gasteiger partial charge on any atom is 0.418 e. The van der Waals surface area contributed by atoms with E-state index in [0.717, 1.165) is 49.9 Å². The predicted molar refractivity (Wildman–Crippen MR) is 174 cm³/mol. The number of nitrogens with zero attached hydrogens (tertiary/aromatic N) is 7. The van der Waals surface area contributed by atoms with E-state index in [1.54, 1.807) is 4.68 Å². The van der Waals surface area contributed by atoms with Gasteiger partial charge in [-0.15, -0.1) is 0 Å². The van der Waals surface area contributed by atoms with Gasteiger partial charge in [0.2, 0.25) is 0 Å². The number of carbonyl (C=O) groups is 1. The Morgan fingerprint density at radius 2 is 1.90 bits per heavy atom. The quantitative estimate of drug-likeness (QED) is 0.249. The first-order valence-corrected chi connectivity index (χ1v) is 17.0. The number of halogens is 5. The van der Waals surface area contributed by atoms with Crippen LogP contribution in [0, 0.1) is 0 Å². The first-order chi connectivity index (χ1) is 23.4. The number of nitrogens with two attached hydrogens (primary N) is 1. The van der Waals surface area contributed by atoms with Crippen LogP contribution < -0.4 is 15.4 Å². The summed E-state index contributed by atoms with van der Waals surface area (Å²) in [6.45, 7) is 3.69. The Kier molecular flexibility index (Phi) is 9.09. The Bertz CT molecular complexity index is 1760. The fraction of sp³-hybridized carbons (Fsp3) is 0.562. The molecule has 2 N–H and O–H groups in total. The summed E-state index contributed by atoms with van der Waals surface area (Å²) in [7, 11) is 2.85. The third kappa shape index (κ3) is 6.28. The van der Waals surface area contributed by atoms with E-state index in [-0.39, 0.29) is 53.1 Å². The van der Waals surface area contributed by atoms with Crippen molar-refractivity contribution in [1.29, 1.82) is 0 Å². The molecule has 6 heterocycles. The summed E-state index contributed by atoms with van der Waals surface area (Å²) in [5.41, 5.74) is 6.67. The Balaban J connectivity index is 1.26. The van der Waals surface area contributed by atoms with E-state index >= 15 is 0 Å². The molecule has 3 aromatic rings. The fourth-order valence-corrected chi connectivity index (χ4v) is 8.27. The fourth-order valence-electron chi connectivity index (χ4n) is 7.65. The lowest BCUT2D eigenvalue weighted by Crippen LogP contribution is -2.43. The molecule has 1 unspecified atom stereocenters. The summed E-state index contributed by atoms with van der Waals surface area (Å²) in [6.07, 6.45) is -0.871. The molecule has 0 spiro atoms. The molecule has 2 aromatic heterocycles. The van der Waals surface area contributed by atoms with Gasteiger partial charge in [-0.05, 0) is 62.9 Å². The first-order valence-electron chi connectivity index (χ1n) is 16.3. The van der Waals surface area contributed by atoms with Crippen molar-refractivity contribution in [3.63, 3.8) is 0 Å². The number of rotatable bonds is 7. The molecule has 0 saturated carbocycles. The smallest absolute Gasteiger partial charge is 0.418 e. The molecule has 4 aliphatic rings. The molecular formula is C32H37Cl2F3N8O4. The third-order valence-electron chi connectivity index (χ3n) is 10.1. The van der Waals surface area contributed by atoms with Crippen molar-refractivity contribution in [3.8, 4) is 6.01 Å². The molecule has 1 aromatic carbocycles. The number of alkyl halides is 3. The number of carbonyl (C=O) groups excluding carboxylic acids is 1. The lowest BCUT2D eigenvalue weighted by atomic mass is 9.94. The highest BCUT2D eigenvalue weighted by molar-refractivity contribution is 6.34. The van der Waals surface area contributed by atoms with Gasteiger partial charge >= 0.3 is 12.2 Å². The average Bonchev–Trinajstić information content (AvgIpc) is 3.68. The minimum Gasteiger partial charge on any atom is -0.461 e. The Hall–Kier alpha value is -3.37. The van der Waals surface area contributed by atoms with Crippen LogP contribution in [0.5, 0.6) is 6.01 Å². The minimum absolute atomic E-state index is 0.00980. The number of aryl methyl sites for hydroxylation is 1. The van der Waals surface area contributed by atoms with E-state index in [2.05, 4.69) is 10.00 Å². The number of aromatic nitrogens is 4. The highest BCUT2D eigenvalue weighted by atomic mass is 35.5. The first kappa shape index (κ1) is 34.1. The molecule has 7 rings (SSSR count). The van der Waals surface area contributed by atoms with Crippen LogP contribution in [0.1, 0.15) is 76.8 Å². The molecule has 2 saturated heterocycles. The summed E-state index contributed by atoms with van der Waals surface area (Å²) in [4.78, 5) is 32.1. The Morgan fingerprint density at radius 3 is 2.61 bits per heavy atom. The van der Waals surface area contributed by atoms with Gasteiger partial charge in [0.25, 0.3) is 5.91 Å². The van der Waals surface area contributed by atoms with Crippen LogP contribution in [-0.2, 0) is 41.9 Å². The van der Waals surface area contributed by atoms with E-state index in [1.807, 2.05) is 4.90 Å². The Labute approximate surface area is 291 Å². The molecule has 0 bridgehead atoms. The van der Waals surface area contributed by atoms with Gasteiger partial charge in [0.05, 0.1) is 58.9 Å². The summed E-state index contributed by atoms with van der Waals surface area (Å²) >= 11 is 12.9. The lowest BCUT2D eigenvalue weighted by molar-refractivity contribution is -0.139. The number of ether oxygens (including phenoxy) is 2. The molecule has 0 radical (unpaired) electrons. The number of fused-ring (bicyclic) bond motifs is 3. The molecular weight excluding hydrogens is 688 g/mol.